The van der Waals surface area contributed by atoms with E-state index >= 15 is 0 Å². The largest absolute Gasteiger partial charge is 0.497 e. The molecule has 0 radical (unpaired) electrons. The number of anilines is 5. The number of benzene rings is 6. The van der Waals surface area contributed by atoms with E-state index in [0.29, 0.717) is 77.5 Å². The summed E-state index contributed by atoms with van der Waals surface area (Å²) < 4.78 is 41.4. The molecule has 33 nitrogen and oxygen atoms in total. The fraction of sp³-hybridized carbons (Fsp3) is 0.427. The molecule has 3 aliphatic carbocycles. The molecule has 0 spiro atoms. The van der Waals surface area contributed by atoms with Crippen molar-refractivity contribution < 1.29 is 95.5 Å². The number of methoxy groups -OCH3 is 1. The van der Waals surface area contributed by atoms with Gasteiger partial charge in [-0.05, 0) is 236 Å². The van der Waals surface area contributed by atoms with E-state index in [1.165, 1.54) is 25.7 Å². The number of nitrogens with zero attached hydrogens (tertiary/aromatic N) is 5. The summed E-state index contributed by atoms with van der Waals surface area (Å²) >= 11 is 0. The number of ether oxygens (including phenoxy) is 7. The minimum Gasteiger partial charge on any atom is -0.497 e. The number of hydrogen-bond acceptors (Lipinski definition) is 30. The lowest BCUT2D eigenvalue weighted by molar-refractivity contribution is -0.193. The molecule has 730 valence electrons. The number of aryl methyl sites for hydroxylation is 5. The molecule has 6 aromatic carbocycles. The highest BCUT2D eigenvalue weighted by atomic mass is 16.5. The second kappa shape index (κ2) is 59.0. The number of amides is 3. The van der Waals surface area contributed by atoms with Crippen LogP contribution < -0.4 is 77.8 Å². The summed E-state index contributed by atoms with van der Waals surface area (Å²) in [5, 5.41) is 13.7. The fourth-order valence-corrected chi connectivity index (χ4v) is 15.1. The fourth-order valence-electron chi connectivity index (χ4n) is 15.1. The first-order valence-corrected chi connectivity index (χ1v) is 44.2. The molecule has 3 amide bonds. The first-order chi connectivity index (χ1) is 63.9. The maximum atomic E-state index is 13.0. The second-order valence-corrected chi connectivity index (χ2v) is 34.1. The Kier molecular flexibility index (Phi) is 50.1. The lowest BCUT2D eigenvalue weighted by atomic mass is 9.88. The smallest absolute Gasteiger partial charge is 0.373 e. The van der Waals surface area contributed by atoms with E-state index in [1.54, 1.807) is 25.3 Å². The zero-order chi connectivity index (χ0) is 99.2. The van der Waals surface area contributed by atoms with Gasteiger partial charge in [-0.2, -0.15) is 47.9 Å². The monoisotopic (exact) mass is 1870 g/mol. The number of pyridine rings is 5. The van der Waals surface area contributed by atoms with Crippen LogP contribution in [0.5, 0.6) is 40.2 Å². The molecule has 11 aromatic rings. The summed E-state index contributed by atoms with van der Waals surface area (Å²) in [5.41, 5.74) is 42.3. The first-order valence-electron chi connectivity index (χ1n) is 44.2. The van der Waals surface area contributed by atoms with Crippen LogP contribution in [0.1, 0.15) is 212 Å². The normalized spacial score (nSPS) is 13.5. The van der Waals surface area contributed by atoms with E-state index in [0.717, 1.165) is 182 Å². The van der Waals surface area contributed by atoms with Crippen molar-refractivity contribution in [3.05, 3.63) is 174 Å². The van der Waals surface area contributed by atoms with Gasteiger partial charge >= 0.3 is 30.8 Å². The molecule has 33 heteroatoms. The number of aromatic nitrogens is 5. The van der Waals surface area contributed by atoms with Crippen molar-refractivity contribution in [1.82, 2.24) is 40.9 Å². The van der Waals surface area contributed by atoms with Crippen molar-refractivity contribution in [3.8, 4) is 40.2 Å². The maximum Gasteiger partial charge on any atom is 0.373 e. The summed E-state index contributed by atoms with van der Waals surface area (Å²) in [6.45, 7) is 29.4. The number of nitrogen functional groups attached to an aromatic ring is 5. The van der Waals surface area contributed by atoms with Crippen molar-refractivity contribution in [3.63, 3.8) is 0 Å². The lowest BCUT2D eigenvalue weighted by Crippen LogP contribution is -2.50. The third-order valence-corrected chi connectivity index (χ3v) is 20.9. The molecule has 3 saturated carbocycles. The van der Waals surface area contributed by atoms with Gasteiger partial charge in [-0.3, -0.25) is 39.3 Å². The number of hydrogen-bond donors (Lipinski definition) is 8. The summed E-state index contributed by atoms with van der Waals surface area (Å²) in [4.78, 5) is 141. The van der Waals surface area contributed by atoms with Crippen LogP contribution in [0.25, 0.3) is 54.5 Å². The highest BCUT2D eigenvalue weighted by Gasteiger charge is 2.32. The van der Waals surface area contributed by atoms with Gasteiger partial charge in [0.2, 0.25) is 11.8 Å². The van der Waals surface area contributed by atoms with Gasteiger partial charge in [-0.15, -0.1) is 0 Å². The number of carbonyl (C=O) groups is 3. The number of rotatable bonds is 23. The van der Waals surface area contributed by atoms with Crippen LogP contribution in [0.2, 0.25) is 0 Å². The van der Waals surface area contributed by atoms with Crippen LogP contribution >= 0.6 is 0 Å². The Labute approximate surface area is 794 Å². The average Bonchev–Trinajstić information content (AvgIpc) is 0.818. The van der Waals surface area contributed by atoms with Crippen LogP contribution in [-0.4, -0.2) is 136 Å². The van der Waals surface area contributed by atoms with Gasteiger partial charge in [0.1, 0.15) is 59.6 Å². The Morgan fingerprint density at radius 3 is 1.12 bits per heavy atom. The van der Waals surface area contributed by atoms with Gasteiger partial charge in [-0.1, -0.05) is 112 Å². The van der Waals surface area contributed by atoms with Crippen molar-refractivity contribution in [2.75, 3.05) is 62.2 Å². The Balaban J connectivity index is 0.000000425. The Morgan fingerprint density at radius 1 is 0.419 bits per heavy atom. The van der Waals surface area contributed by atoms with E-state index < -0.39 is 11.1 Å². The third-order valence-electron chi connectivity index (χ3n) is 20.9. The molecule has 13 N–H and O–H groups in total. The summed E-state index contributed by atoms with van der Waals surface area (Å²) in [6, 6.07) is 43.6. The number of nitrogens with one attached hydrogen (secondary N) is 3. The SMILES string of the molecule is C.C.CCCOc1cc(OC)cc(C(=O)NC(C)(C)COc2cccc3nc(C)cc(N)c23)c1.Cc1cc(N)c2c(OC3CCCCC3)cccc2n1.Cc1cc(N)c2c(OC3CCCCC3NC(=O)C(C)C)cccc2n1.Cc1cc(N)c2c(OCC(C)(C)NC(=O)C3CCCCC3)cccc2n1.Cc1cc(N)c2c(OCC(C)C)cccc2n1.O=C=O.O=C=O.O=C=O.O=C=O.O=C=O. The lowest BCUT2D eigenvalue weighted by Gasteiger charge is -2.33. The minimum atomic E-state index is -0.653. The van der Waals surface area contributed by atoms with Crippen LogP contribution in [0.3, 0.4) is 0 Å². The van der Waals surface area contributed by atoms with Crippen molar-refractivity contribution in [2.45, 2.75) is 237 Å². The predicted molar refractivity (Wildman–Crippen MR) is 521 cm³/mol. The van der Waals surface area contributed by atoms with Gasteiger partial charge in [0.15, 0.2) is 0 Å². The first kappa shape index (κ1) is 115. The van der Waals surface area contributed by atoms with Gasteiger partial charge in [-0.25, -0.2) is 0 Å². The Hall–Kier alpha value is -14.7. The second-order valence-electron chi connectivity index (χ2n) is 34.1. The molecule has 5 aromatic heterocycles. The number of nitrogens with two attached hydrogens (primary N) is 5. The highest BCUT2D eigenvalue weighted by molar-refractivity contribution is 6.00. The molecule has 136 heavy (non-hydrogen) atoms. The zero-order valence-corrected chi connectivity index (χ0v) is 79.0. The molecule has 5 heterocycles. The zero-order valence-electron chi connectivity index (χ0n) is 79.0. The summed E-state index contributed by atoms with van der Waals surface area (Å²) in [7, 11) is 1.56. The highest BCUT2D eigenvalue weighted by Crippen LogP contribution is 2.39. The Bertz CT molecular complexity index is 5800. The summed E-state index contributed by atoms with van der Waals surface area (Å²) in [6.07, 6.45) is 18.2. The molecule has 3 aliphatic rings. The van der Waals surface area contributed by atoms with Gasteiger partial charge in [0, 0.05) is 80.4 Å². The van der Waals surface area contributed by atoms with Gasteiger partial charge in [0.25, 0.3) is 5.91 Å². The maximum absolute atomic E-state index is 13.0. The van der Waals surface area contributed by atoms with Gasteiger partial charge in [0.05, 0.1) is 98.1 Å². The molecule has 0 saturated heterocycles. The molecule has 3 fully saturated rings. The molecule has 2 unspecified atom stereocenters. The van der Waals surface area contributed by atoms with Crippen molar-refractivity contribution in [2.24, 2.45) is 17.8 Å². The third kappa shape index (κ3) is 37.4. The Morgan fingerprint density at radius 2 is 0.750 bits per heavy atom. The topological polar surface area (TPSA) is 517 Å². The molecule has 0 aliphatic heterocycles. The molecule has 14 rings (SSSR count). The van der Waals surface area contributed by atoms with Crippen LogP contribution in [0.4, 0.5) is 28.4 Å². The van der Waals surface area contributed by atoms with E-state index in [2.05, 4.69) is 54.7 Å². The average molecular weight is 1870 g/mol. The van der Waals surface area contributed by atoms with Gasteiger partial charge < -0.3 is 77.8 Å². The minimum absolute atomic E-state index is 0. The standard InChI is InChI=1S/C25H31N3O4.C21H29N3O2.C20H27N3O2.C16H20N2O.C14H18N2O.5CO2.2CH4/c1-6-10-31-19-13-17(12-18(14-19)30-5)24(29)28-25(3,4)15-32-22-9-7-8-21-23(22)20(26)11-16(2)27-21;1-14-12-16(22)19-17(23-14)10-7-11-18(19)26-13-21(2,3)24-20(25)15-8-5-4-6-9-15;1-12(2)20(24)23-15-7-4-5-9-17(15)25-18-10-6-8-16-19(18)14(21)11-13(3)22-16;1-11-10-13(17)16-14(18-11)8-5-9-15(16)19-12-6-3-2-4-7-12;1-9(2)8-17-13-6-4-5-12-14(13)11(15)7-10(3)16-12;5*2-1-3;;/h7-9,11-14H,6,10,15H2,1-5H3,(H2,26,27)(H,28,29);7,10-12,15H,4-6,8-9,13H2,1-3H3,(H2,22,23)(H,24,25);6,8,10-12,15,17H,4-5,7,9H2,1-3H3,(H2,21,22)(H,23,24);5,8-10,12H,2-4,6-7H2,1H3,(H2,17,18);4-7,9H,8H2,1-3H3,(H2,15,16);;;;;;2*1H4. The van der Waals surface area contributed by atoms with Crippen LogP contribution in [0.15, 0.2) is 140 Å². The quantitative estimate of drug-likeness (QED) is 0.0295. The van der Waals surface area contributed by atoms with Crippen LogP contribution in [0, 0.1) is 52.4 Å². The molecular weight excluding hydrogens is 1740 g/mol. The van der Waals surface area contributed by atoms with E-state index in [9.17, 15) is 14.4 Å². The number of fused-ring (bicyclic) bond motifs is 5. The summed E-state index contributed by atoms with van der Waals surface area (Å²) in [5.74, 6) is 5.53. The molecule has 2 atom stereocenters. The number of carbonyl (C=O) groups excluding carboxylic acids is 13. The van der Waals surface area contributed by atoms with E-state index in [4.69, 9.17) is 110 Å². The van der Waals surface area contributed by atoms with Crippen molar-refractivity contribution >= 4 is 131 Å². The predicted octanol–water partition coefficient (Wildman–Crippen LogP) is 17.4. The van der Waals surface area contributed by atoms with E-state index in [1.807, 2.05) is 204 Å². The van der Waals surface area contributed by atoms with E-state index in [-0.39, 0.29) is 93.9 Å². The van der Waals surface area contributed by atoms with Crippen molar-refractivity contribution in [1.29, 1.82) is 0 Å². The van der Waals surface area contributed by atoms with Crippen LogP contribution in [-0.2, 0) is 57.5 Å². The molecule has 0 bridgehead atoms. The molecular formula is C103H133N13O20.